The van der Waals surface area contributed by atoms with Gasteiger partial charge in [0.15, 0.2) is 12.4 Å². The molecule has 2 amide bonds. The van der Waals surface area contributed by atoms with Crippen LogP contribution in [0.3, 0.4) is 0 Å². The molecule has 130 valence electrons. The summed E-state index contributed by atoms with van der Waals surface area (Å²) >= 11 is 17.9. The van der Waals surface area contributed by atoms with Crippen molar-refractivity contribution in [2.24, 2.45) is 10.8 Å². The van der Waals surface area contributed by atoms with E-state index < -0.39 is 11.8 Å². The van der Waals surface area contributed by atoms with Crippen molar-refractivity contribution in [3.63, 3.8) is 0 Å². The molecule has 25 heavy (non-hydrogen) atoms. The van der Waals surface area contributed by atoms with E-state index in [-0.39, 0.29) is 22.4 Å². The molecule has 0 atom stereocenters. The van der Waals surface area contributed by atoms with Gasteiger partial charge >= 0.3 is 0 Å². The summed E-state index contributed by atoms with van der Waals surface area (Å²) in [5.41, 5.74) is 8.31. The number of halogens is 3. The lowest BCUT2D eigenvalue weighted by molar-refractivity contribution is -0.119. The molecule has 9 heteroatoms. The standard InChI is InChI=1S/C16H12Cl3N3O3/c17-11-3-1-10(2-4-11)16(24)22-21-7-9-5-12(18)15(13(19)6-9)25-8-14(20)23/h1-7H,8H2,(H2,20,23)(H,22,24)/b21-7+. The number of hydrogen-bond donors (Lipinski definition) is 2. The summed E-state index contributed by atoms with van der Waals surface area (Å²) < 4.78 is 5.13. The van der Waals surface area contributed by atoms with Gasteiger partial charge in [0.25, 0.3) is 11.8 Å². The molecule has 2 aromatic carbocycles. The molecule has 2 rings (SSSR count). The molecule has 0 saturated heterocycles. The lowest BCUT2D eigenvalue weighted by Gasteiger charge is -2.09. The van der Waals surface area contributed by atoms with Crippen molar-refractivity contribution in [2.45, 2.75) is 0 Å². The van der Waals surface area contributed by atoms with E-state index in [9.17, 15) is 9.59 Å². The Bertz CT molecular complexity index is 800. The highest BCUT2D eigenvalue weighted by molar-refractivity contribution is 6.37. The highest BCUT2D eigenvalue weighted by atomic mass is 35.5. The van der Waals surface area contributed by atoms with Crippen LogP contribution >= 0.6 is 34.8 Å². The fraction of sp³-hybridized carbons (Fsp3) is 0.0625. The van der Waals surface area contributed by atoms with Crippen molar-refractivity contribution < 1.29 is 14.3 Å². The Hall–Kier alpha value is -2.28. The zero-order valence-corrected chi connectivity index (χ0v) is 14.9. The van der Waals surface area contributed by atoms with Crippen LogP contribution in [0.25, 0.3) is 0 Å². The SMILES string of the molecule is NC(=O)COc1c(Cl)cc(/C=N/NC(=O)c2ccc(Cl)cc2)cc1Cl. The second-order valence-electron chi connectivity index (χ2n) is 4.77. The van der Waals surface area contributed by atoms with Crippen LogP contribution in [0.1, 0.15) is 15.9 Å². The van der Waals surface area contributed by atoms with Gasteiger partial charge in [0.05, 0.1) is 16.3 Å². The first-order chi connectivity index (χ1) is 11.9. The first kappa shape index (κ1) is 19.1. The van der Waals surface area contributed by atoms with Crippen molar-refractivity contribution >= 4 is 52.8 Å². The summed E-state index contributed by atoms with van der Waals surface area (Å²) in [4.78, 5) is 22.6. The Kier molecular flexibility index (Phi) is 6.64. The van der Waals surface area contributed by atoms with Crippen molar-refractivity contribution in [1.29, 1.82) is 0 Å². The molecule has 0 heterocycles. The Morgan fingerprint density at radius 1 is 1.12 bits per heavy atom. The molecule has 0 saturated carbocycles. The Morgan fingerprint density at radius 3 is 2.28 bits per heavy atom. The summed E-state index contributed by atoms with van der Waals surface area (Å²) in [5.74, 6) is -0.904. The molecule has 0 aliphatic carbocycles. The van der Waals surface area contributed by atoms with Crippen LogP contribution in [-0.4, -0.2) is 24.6 Å². The second kappa shape index (κ2) is 8.71. The van der Waals surface area contributed by atoms with Gasteiger partial charge in [-0.15, -0.1) is 0 Å². The summed E-state index contributed by atoms with van der Waals surface area (Å²) in [5, 5.41) is 4.73. The summed E-state index contributed by atoms with van der Waals surface area (Å²) in [6.45, 7) is -0.343. The van der Waals surface area contributed by atoms with E-state index in [2.05, 4.69) is 10.5 Å². The van der Waals surface area contributed by atoms with Crippen LogP contribution < -0.4 is 15.9 Å². The fourth-order valence-electron chi connectivity index (χ4n) is 1.77. The maximum absolute atomic E-state index is 11.9. The fourth-order valence-corrected chi connectivity index (χ4v) is 2.51. The molecule has 0 fully saturated rings. The first-order valence-corrected chi connectivity index (χ1v) is 7.99. The van der Waals surface area contributed by atoms with Crippen molar-refractivity contribution in [3.8, 4) is 5.75 Å². The minimum Gasteiger partial charge on any atom is -0.481 e. The van der Waals surface area contributed by atoms with E-state index in [4.69, 9.17) is 45.3 Å². The number of hydrazone groups is 1. The number of rotatable bonds is 6. The Balaban J connectivity index is 2.04. The number of nitrogens with zero attached hydrogens (tertiary/aromatic N) is 1. The maximum atomic E-state index is 11.9. The number of carbonyl (C=O) groups is 2. The summed E-state index contributed by atoms with van der Waals surface area (Å²) in [6, 6.07) is 9.38. The minimum atomic E-state index is -0.650. The number of amides is 2. The van der Waals surface area contributed by atoms with E-state index in [1.807, 2.05) is 0 Å². The number of primary amides is 1. The number of benzene rings is 2. The van der Waals surface area contributed by atoms with Crippen LogP contribution in [0.4, 0.5) is 0 Å². The maximum Gasteiger partial charge on any atom is 0.271 e. The largest absolute Gasteiger partial charge is 0.481 e. The number of nitrogens with two attached hydrogens (primary N) is 1. The van der Waals surface area contributed by atoms with Gasteiger partial charge in [0.2, 0.25) is 0 Å². The predicted molar refractivity (Wildman–Crippen MR) is 97.7 cm³/mol. The average Bonchev–Trinajstić information content (AvgIpc) is 2.54. The lowest BCUT2D eigenvalue weighted by Crippen LogP contribution is -2.20. The van der Waals surface area contributed by atoms with Crippen LogP contribution in [0.5, 0.6) is 5.75 Å². The predicted octanol–water partition coefficient (Wildman–Crippen LogP) is 3.27. The molecule has 6 nitrogen and oxygen atoms in total. The van der Waals surface area contributed by atoms with Gasteiger partial charge in [-0.1, -0.05) is 34.8 Å². The molecule has 0 aliphatic heterocycles. The number of hydrogen-bond acceptors (Lipinski definition) is 4. The van der Waals surface area contributed by atoms with Gasteiger partial charge in [-0.3, -0.25) is 9.59 Å². The van der Waals surface area contributed by atoms with E-state index >= 15 is 0 Å². The lowest BCUT2D eigenvalue weighted by atomic mass is 10.2. The molecule has 0 spiro atoms. The van der Waals surface area contributed by atoms with Gasteiger partial charge in [-0.2, -0.15) is 5.10 Å². The topological polar surface area (TPSA) is 93.8 Å². The van der Waals surface area contributed by atoms with E-state index in [1.54, 1.807) is 24.3 Å². The molecule has 0 unspecified atom stereocenters. The first-order valence-electron chi connectivity index (χ1n) is 6.86. The Labute approximate surface area is 158 Å². The second-order valence-corrected chi connectivity index (χ2v) is 6.03. The smallest absolute Gasteiger partial charge is 0.271 e. The van der Waals surface area contributed by atoms with Crippen LogP contribution in [0.15, 0.2) is 41.5 Å². The molecule has 2 aromatic rings. The molecule has 0 bridgehead atoms. The number of carbonyl (C=O) groups excluding carboxylic acids is 2. The molecule has 0 aromatic heterocycles. The molecular weight excluding hydrogens is 389 g/mol. The molecule has 0 radical (unpaired) electrons. The van der Waals surface area contributed by atoms with Crippen molar-refractivity contribution in [2.75, 3.05) is 6.61 Å². The van der Waals surface area contributed by atoms with Gasteiger partial charge in [-0.05, 0) is 42.0 Å². The van der Waals surface area contributed by atoms with E-state index in [0.29, 0.717) is 16.1 Å². The van der Waals surface area contributed by atoms with Crippen LogP contribution in [0.2, 0.25) is 15.1 Å². The van der Waals surface area contributed by atoms with Crippen LogP contribution in [0, 0.1) is 0 Å². The minimum absolute atomic E-state index is 0.143. The normalized spacial score (nSPS) is 10.7. The zero-order chi connectivity index (χ0) is 18.4. The summed E-state index contributed by atoms with van der Waals surface area (Å²) in [7, 11) is 0. The third-order valence-corrected chi connectivity index (χ3v) is 3.68. The third kappa shape index (κ3) is 5.63. The van der Waals surface area contributed by atoms with Gasteiger partial charge in [-0.25, -0.2) is 5.43 Å². The number of ether oxygens (including phenoxy) is 1. The van der Waals surface area contributed by atoms with E-state index in [0.717, 1.165) is 0 Å². The van der Waals surface area contributed by atoms with Gasteiger partial charge in [0.1, 0.15) is 0 Å². The van der Waals surface area contributed by atoms with Gasteiger partial charge in [0, 0.05) is 10.6 Å². The highest BCUT2D eigenvalue weighted by Crippen LogP contribution is 2.33. The molecule has 3 N–H and O–H groups in total. The monoisotopic (exact) mass is 399 g/mol. The zero-order valence-electron chi connectivity index (χ0n) is 12.6. The van der Waals surface area contributed by atoms with Crippen LogP contribution in [-0.2, 0) is 4.79 Å². The van der Waals surface area contributed by atoms with E-state index in [1.165, 1.54) is 18.3 Å². The van der Waals surface area contributed by atoms with Crippen molar-refractivity contribution in [1.82, 2.24) is 5.43 Å². The molecular formula is C16H12Cl3N3O3. The summed E-state index contributed by atoms with van der Waals surface area (Å²) in [6.07, 6.45) is 1.36. The Morgan fingerprint density at radius 2 is 1.72 bits per heavy atom. The number of nitrogens with one attached hydrogen (secondary N) is 1. The van der Waals surface area contributed by atoms with Gasteiger partial charge < -0.3 is 10.5 Å². The van der Waals surface area contributed by atoms with Crippen molar-refractivity contribution in [3.05, 3.63) is 62.6 Å². The molecule has 0 aliphatic rings. The quantitative estimate of drug-likeness (QED) is 0.575. The third-order valence-electron chi connectivity index (χ3n) is 2.87. The highest BCUT2D eigenvalue weighted by Gasteiger charge is 2.10. The average molecular weight is 401 g/mol.